The Labute approximate surface area is 199 Å². The van der Waals surface area contributed by atoms with Crippen LogP contribution in [0, 0.1) is 0 Å². The average Bonchev–Trinajstić information content (AvgIpc) is 3.06. The molecule has 5 heteroatoms. The first-order valence-corrected chi connectivity index (χ1v) is 12.9. The molecule has 5 nitrogen and oxygen atoms in total. The van der Waals surface area contributed by atoms with Crippen LogP contribution < -0.4 is 0 Å². The van der Waals surface area contributed by atoms with Crippen molar-refractivity contribution in [3.8, 4) is 0 Å². The number of nitrogens with zero attached hydrogens (tertiary/aromatic N) is 1. The minimum Gasteiger partial charge on any atom is -0.464 e. The quantitative estimate of drug-likeness (QED) is 0.105. The predicted octanol–water partition coefficient (Wildman–Crippen LogP) is 6.86. The summed E-state index contributed by atoms with van der Waals surface area (Å²) in [7, 11) is 0. The van der Waals surface area contributed by atoms with Crippen LogP contribution in [-0.2, 0) is 9.53 Å². The van der Waals surface area contributed by atoms with Crippen molar-refractivity contribution in [3.05, 3.63) is 47.5 Å². The number of amides is 2. The van der Waals surface area contributed by atoms with Crippen molar-refractivity contribution in [2.75, 3.05) is 13.2 Å². The first-order valence-electron chi connectivity index (χ1n) is 12.9. The molecule has 0 spiro atoms. The van der Waals surface area contributed by atoms with Crippen molar-refractivity contribution in [2.24, 2.45) is 0 Å². The molecule has 0 aromatic heterocycles. The van der Waals surface area contributed by atoms with Gasteiger partial charge in [-0.2, -0.15) is 0 Å². The van der Waals surface area contributed by atoms with Gasteiger partial charge in [-0.3, -0.25) is 19.3 Å². The number of hydrogen-bond acceptors (Lipinski definition) is 4. The summed E-state index contributed by atoms with van der Waals surface area (Å²) in [5, 5.41) is 0. The molecule has 1 aromatic rings. The average molecular weight is 456 g/mol. The number of carbonyl (C=O) groups is 3. The van der Waals surface area contributed by atoms with Gasteiger partial charge in [0.25, 0.3) is 11.8 Å². The van der Waals surface area contributed by atoms with Gasteiger partial charge in [0, 0.05) is 6.42 Å². The highest BCUT2D eigenvalue weighted by Crippen LogP contribution is 2.22. The van der Waals surface area contributed by atoms with E-state index >= 15 is 0 Å². The molecule has 1 aromatic carbocycles. The van der Waals surface area contributed by atoms with E-state index in [2.05, 4.69) is 19.1 Å². The van der Waals surface area contributed by atoms with E-state index in [1.54, 1.807) is 24.3 Å². The molecule has 0 unspecified atom stereocenters. The zero-order valence-corrected chi connectivity index (χ0v) is 20.4. The van der Waals surface area contributed by atoms with Crippen LogP contribution in [0.15, 0.2) is 36.4 Å². The summed E-state index contributed by atoms with van der Waals surface area (Å²) in [5.74, 6) is -0.892. The molecule has 33 heavy (non-hydrogen) atoms. The van der Waals surface area contributed by atoms with Crippen LogP contribution in [0.5, 0.6) is 0 Å². The predicted molar refractivity (Wildman–Crippen MR) is 132 cm³/mol. The second-order valence-corrected chi connectivity index (χ2v) is 8.86. The number of benzene rings is 1. The Balaban J connectivity index is 1.40. The van der Waals surface area contributed by atoms with Crippen molar-refractivity contribution < 1.29 is 19.1 Å². The fourth-order valence-electron chi connectivity index (χ4n) is 4.11. The summed E-state index contributed by atoms with van der Waals surface area (Å²) >= 11 is 0. The molecular formula is C28H41NO4. The van der Waals surface area contributed by atoms with Crippen LogP contribution in [0.1, 0.15) is 118 Å². The number of unbranched alkanes of at least 4 members (excludes halogenated alkanes) is 11. The molecule has 1 heterocycles. The molecule has 0 bridgehead atoms. The van der Waals surface area contributed by atoms with Gasteiger partial charge in [0.2, 0.25) is 0 Å². The Morgan fingerprint density at radius 3 is 1.88 bits per heavy atom. The van der Waals surface area contributed by atoms with Crippen molar-refractivity contribution in [3.63, 3.8) is 0 Å². The second kappa shape index (κ2) is 16.2. The maximum atomic E-state index is 12.3. The Kier molecular flexibility index (Phi) is 13.2. The molecule has 1 aliphatic heterocycles. The first kappa shape index (κ1) is 26.8. The molecule has 0 saturated carbocycles. The Morgan fingerprint density at radius 1 is 0.788 bits per heavy atom. The fourth-order valence-corrected chi connectivity index (χ4v) is 4.11. The second-order valence-electron chi connectivity index (χ2n) is 8.86. The van der Waals surface area contributed by atoms with E-state index in [1.165, 1.54) is 57.8 Å². The van der Waals surface area contributed by atoms with Gasteiger partial charge in [-0.15, -0.1) is 0 Å². The third kappa shape index (κ3) is 9.93. The fraction of sp³-hybridized carbons (Fsp3) is 0.607. The monoisotopic (exact) mass is 455 g/mol. The molecule has 2 rings (SSSR count). The lowest BCUT2D eigenvalue weighted by Crippen LogP contribution is -2.33. The van der Waals surface area contributed by atoms with Gasteiger partial charge in [-0.25, -0.2) is 0 Å². The molecule has 0 fully saturated rings. The summed E-state index contributed by atoms with van der Waals surface area (Å²) in [6.07, 6.45) is 20.9. The van der Waals surface area contributed by atoms with Gasteiger partial charge in [-0.1, -0.05) is 82.6 Å². The lowest BCUT2D eigenvalue weighted by molar-refractivity contribution is -0.144. The number of rotatable bonds is 18. The SMILES string of the molecule is CCCCCCCC/C=C\CCCCCCCC(=O)OCCN1C(=O)c2ccccc2C1=O. The molecule has 182 valence electrons. The Bertz CT molecular complexity index is 736. The van der Waals surface area contributed by atoms with E-state index in [4.69, 9.17) is 4.74 Å². The zero-order valence-electron chi connectivity index (χ0n) is 20.4. The molecule has 1 aliphatic rings. The van der Waals surface area contributed by atoms with E-state index in [9.17, 15) is 14.4 Å². The van der Waals surface area contributed by atoms with E-state index in [1.807, 2.05) is 0 Å². The van der Waals surface area contributed by atoms with Crippen molar-refractivity contribution >= 4 is 17.8 Å². The number of allylic oxidation sites excluding steroid dienone is 2. The minimum absolute atomic E-state index is 0.0510. The van der Waals surface area contributed by atoms with Crippen LogP contribution in [0.25, 0.3) is 0 Å². The summed E-state index contributed by atoms with van der Waals surface area (Å²) in [6, 6.07) is 6.77. The first-order chi connectivity index (χ1) is 16.1. The maximum Gasteiger partial charge on any atom is 0.305 e. The number of imide groups is 1. The van der Waals surface area contributed by atoms with Crippen molar-refractivity contribution in [2.45, 2.75) is 96.8 Å². The molecule has 2 amide bonds. The number of carbonyl (C=O) groups excluding carboxylic acids is 3. The molecular weight excluding hydrogens is 414 g/mol. The molecule has 0 radical (unpaired) electrons. The Hall–Kier alpha value is -2.43. The van der Waals surface area contributed by atoms with E-state index in [-0.39, 0.29) is 30.9 Å². The van der Waals surface area contributed by atoms with Crippen molar-refractivity contribution in [1.82, 2.24) is 4.90 Å². The summed E-state index contributed by atoms with van der Waals surface area (Å²) in [6.45, 7) is 2.41. The minimum atomic E-state index is -0.316. The Morgan fingerprint density at radius 2 is 1.30 bits per heavy atom. The van der Waals surface area contributed by atoms with Crippen molar-refractivity contribution in [1.29, 1.82) is 0 Å². The van der Waals surface area contributed by atoms with Crippen LogP contribution in [0.3, 0.4) is 0 Å². The number of esters is 1. The number of fused-ring (bicyclic) bond motifs is 1. The normalized spacial score (nSPS) is 13.2. The van der Waals surface area contributed by atoms with Gasteiger partial charge < -0.3 is 4.74 Å². The summed E-state index contributed by atoms with van der Waals surface area (Å²) in [4.78, 5) is 37.6. The largest absolute Gasteiger partial charge is 0.464 e. The van der Waals surface area contributed by atoms with Gasteiger partial charge in [-0.05, 0) is 44.2 Å². The van der Waals surface area contributed by atoms with Crippen LogP contribution in [0.2, 0.25) is 0 Å². The highest BCUT2D eigenvalue weighted by Gasteiger charge is 2.34. The van der Waals surface area contributed by atoms with Crippen LogP contribution >= 0.6 is 0 Å². The summed E-state index contributed by atoms with van der Waals surface area (Å²) < 4.78 is 5.22. The van der Waals surface area contributed by atoms with Crippen LogP contribution in [0.4, 0.5) is 0 Å². The topological polar surface area (TPSA) is 63.7 Å². The highest BCUT2D eigenvalue weighted by atomic mass is 16.5. The molecule has 0 N–H and O–H groups in total. The lowest BCUT2D eigenvalue weighted by Gasteiger charge is -2.13. The third-order valence-electron chi connectivity index (χ3n) is 6.10. The number of ether oxygens (including phenoxy) is 1. The van der Waals surface area contributed by atoms with Gasteiger partial charge in [0.1, 0.15) is 6.61 Å². The van der Waals surface area contributed by atoms with Gasteiger partial charge in [0.15, 0.2) is 0 Å². The van der Waals surface area contributed by atoms with Crippen LogP contribution in [-0.4, -0.2) is 35.8 Å². The highest BCUT2D eigenvalue weighted by molar-refractivity contribution is 6.21. The van der Waals surface area contributed by atoms with Gasteiger partial charge in [0.05, 0.1) is 17.7 Å². The zero-order chi connectivity index (χ0) is 23.7. The number of hydrogen-bond donors (Lipinski definition) is 0. The smallest absolute Gasteiger partial charge is 0.305 e. The molecule has 0 aliphatic carbocycles. The van der Waals surface area contributed by atoms with E-state index < -0.39 is 0 Å². The molecule has 0 saturated heterocycles. The molecule has 0 atom stereocenters. The summed E-state index contributed by atoms with van der Waals surface area (Å²) in [5.41, 5.74) is 0.837. The third-order valence-corrected chi connectivity index (χ3v) is 6.10. The lowest BCUT2D eigenvalue weighted by atomic mass is 10.1. The van der Waals surface area contributed by atoms with E-state index in [0.717, 1.165) is 30.6 Å². The standard InChI is InChI=1S/C28H41NO4/c1-2-3-4-5-6-7-8-9-10-11-12-13-14-15-16-21-26(30)33-23-22-29-27(31)24-19-17-18-20-25(24)28(29)32/h9-10,17-20H,2-8,11-16,21-23H2,1H3/b10-9-. The van der Waals surface area contributed by atoms with Gasteiger partial charge >= 0.3 is 5.97 Å². The van der Waals surface area contributed by atoms with E-state index in [0.29, 0.717) is 17.5 Å². The maximum absolute atomic E-state index is 12.3.